The van der Waals surface area contributed by atoms with Gasteiger partial charge in [-0.3, -0.25) is 9.69 Å². The molecule has 2 rings (SSSR count). The number of aromatic amines is 1. The van der Waals surface area contributed by atoms with Gasteiger partial charge in [-0.1, -0.05) is 18.5 Å². The van der Waals surface area contributed by atoms with E-state index < -0.39 is 0 Å². The van der Waals surface area contributed by atoms with E-state index in [2.05, 4.69) is 26.7 Å². The van der Waals surface area contributed by atoms with Crippen LogP contribution in [0.5, 0.6) is 0 Å². The number of nitrogens with two attached hydrogens (primary N) is 1. The molecule has 0 aromatic carbocycles. The number of nitrogens with zero attached hydrogens (tertiary/aromatic N) is 3. The van der Waals surface area contributed by atoms with Crippen molar-refractivity contribution in [2.45, 2.75) is 32.2 Å². The van der Waals surface area contributed by atoms with Gasteiger partial charge in [-0.15, -0.1) is 0 Å². The van der Waals surface area contributed by atoms with Crippen molar-refractivity contribution >= 4 is 17.4 Å². The molecule has 0 amide bonds. The predicted molar refractivity (Wildman–Crippen MR) is 86.0 cm³/mol. The molecule has 1 aromatic heterocycles. The summed E-state index contributed by atoms with van der Waals surface area (Å²) in [4.78, 5) is 22.9. The number of anilines is 1. The first-order valence-corrected chi connectivity index (χ1v) is 7.97. The van der Waals surface area contributed by atoms with Gasteiger partial charge in [0.25, 0.3) is 5.56 Å². The van der Waals surface area contributed by atoms with E-state index in [0.717, 1.165) is 52.0 Å². The van der Waals surface area contributed by atoms with Crippen LogP contribution in [-0.2, 0) is 0 Å². The Morgan fingerprint density at radius 2 is 2.24 bits per heavy atom. The fourth-order valence-electron chi connectivity index (χ4n) is 2.95. The Balaban J connectivity index is 2.07. The molecule has 1 aliphatic rings. The summed E-state index contributed by atoms with van der Waals surface area (Å²) in [5, 5.41) is 0.181. The summed E-state index contributed by atoms with van der Waals surface area (Å²) in [5.41, 5.74) is 5.42. The largest absolute Gasteiger partial charge is 0.354 e. The molecule has 0 saturated carbocycles. The van der Waals surface area contributed by atoms with Crippen molar-refractivity contribution in [1.29, 1.82) is 0 Å². The van der Waals surface area contributed by atoms with Gasteiger partial charge in [0.15, 0.2) is 5.82 Å². The lowest BCUT2D eigenvalue weighted by atomic mass is 10.1. The van der Waals surface area contributed by atoms with Crippen LogP contribution in [0.3, 0.4) is 0 Å². The zero-order chi connectivity index (χ0) is 15.2. The molecule has 0 aliphatic carbocycles. The van der Waals surface area contributed by atoms with Gasteiger partial charge in [0.05, 0.1) is 6.33 Å². The molecule has 1 aliphatic heterocycles. The van der Waals surface area contributed by atoms with Crippen LogP contribution >= 0.6 is 11.6 Å². The molecule has 1 fully saturated rings. The van der Waals surface area contributed by atoms with Crippen molar-refractivity contribution in [3.63, 3.8) is 0 Å². The first-order chi connectivity index (χ1) is 10.2. The quantitative estimate of drug-likeness (QED) is 0.850. The SMILES string of the molecule is CCC(CCN)N1CCCN(c2nc[nH]c(=O)c2Cl)CC1. The van der Waals surface area contributed by atoms with Crippen molar-refractivity contribution in [2.75, 3.05) is 37.6 Å². The van der Waals surface area contributed by atoms with Gasteiger partial charge in [0.2, 0.25) is 0 Å². The van der Waals surface area contributed by atoms with Crippen molar-refractivity contribution in [1.82, 2.24) is 14.9 Å². The maximum absolute atomic E-state index is 11.6. The molecule has 1 atom stereocenters. The number of hydrogen-bond donors (Lipinski definition) is 2. The second kappa shape index (κ2) is 7.77. The number of aromatic nitrogens is 2. The molecular formula is C14H24ClN5O. The molecule has 6 nitrogen and oxygen atoms in total. The van der Waals surface area contributed by atoms with Crippen LogP contribution in [-0.4, -0.2) is 53.6 Å². The highest BCUT2D eigenvalue weighted by atomic mass is 35.5. The van der Waals surface area contributed by atoms with Crippen molar-refractivity contribution in [3.05, 3.63) is 21.7 Å². The Hall–Kier alpha value is -1.11. The number of hydrogen-bond acceptors (Lipinski definition) is 5. The summed E-state index contributed by atoms with van der Waals surface area (Å²) in [5.74, 6) is 0.592. The van der Waals surface area contributed by atoms with Crippen LogP contribution in [0.1, 0.15) is 26.2 Å². The number of H-pyrrole nitrogens is 1. The van der Waals surface area contributed by atoms with E-state index in [1.54, 1.807) is 0 Å². The summed E-state index contributed by atoms with van der Waals surface area (Å²) in [7, 11) is 0. The van der Waals surface area contributed by atoms with Crippen molar-refractivity contribution in [3.8, 4) is 0 Å². The smallest absolute Gasteiger partial charge is 0.271 e. The van der Waals surface area contributed by atoms with Crippen molar-refractivity contribution in [2.24, 2.45) is 5.73 Å². The zero-order valence-electron chi connectivity index (χ0n) is 12.5. The van der Waals surface area contributed by atoms with Gasteiger partial charge >= 0.3 is 0 Å². The Morgan fingerprint density at radius 3 is 2.95 bits per heavy atom. The van der Waals surface area contributed by atoms with Gasteiger partial charge in [-0.25, -0.2) is 4.98 Å². The van der Waals surface area contributed by atoms with Crippen LogP contribution < -0.4 is 16.2 Å². The lowest BCUT2D eigenvalue weighted by molar-refractivity contribution is 0.196. The maximum Gasteiger partial charge on any atom is 0.271 e. The topological polar surface area (TPSA) is 78.2 Å². The fourth-order valence-corrected chi connectivity index (χ4v) is 3.17. The van der Waals surface area contributed by atoms with E-state index in [1.165, 1.54) is 6.33 Å². The van der Waals surface area contributed by atoms with Crippen LogP contribution in [0.25, 0.3) is 0 Å². The minimum Gasteiger partial charge on any atom is -0.354 e. The molecule has 3 N–H and O–H groups in total. The molecule has 0 bridgehead atoms. The molecule has 118 valence electrons. The van der Waals surface area contributed by atoms with Crippen molar-refractivity contribution < 1.29 is 0 Å². The van der Waals surface area contributed by atoms with Gasteiger partial charge in [0.1, 0.15) is 5.02 Å². The number of rotatable bonds is 5. The third-order valence-electron chi connectivity index (χ3n) is 4.10. The Bertz CT molecular complexity index is 506. The molecule has 1 saturated heterocycles. The van der Waals surface area contributed by atoms with E-state index in [1.807, 2.05) is 0 Å². The third-order valence-corrected chi connectivity index (χ3v) is 4.44. The minimum atomic E-state index is -0.280. The summed E-state index contributed by atoms with van der Waals surface area (Å²) in [6.45, 7) is 6.63. The second-order valence-electron chi connectivity index (χ2n) is 5.39. The minimum absolute atomic E-state index is 0.181. The first-order valence-electron chi connectivity index (χ1n) is 7.59. The monoisotopic (exact) mass is 313 g/mol. The lowest BCUT2D eigenvalue weighted by Gasteiger charge is -2.29. The number of nitrogens with one attached hydrogen (secondary N) is 1. The van der Waals surface area contributed by atoms with Crippen LogP contribution in [0.2, 0.25) is 5.02 Å². The highest BCUT2D eigenvalue weighted by molar-refractivity contribution is 6.32. The maximum atomic E-state index is 11.6. The lowest BCUT2D eigenvalue weighted by Crippen LogP contribution is -2.39. The molecule has 0 spiro atoms. The summed E-state index contributed by atoms with van der Waals surface area (Å²) in [6.07, 6.45) is 4.59. The van der Waals surface area contributed by atoms with E-state index in [-0.39, 0.29) is 10.6 Å². The zero-order valence-corrected chi connectivity index (χ0v) is 13.3. The molecule has 21 heavy (non-hydrogen) atoms. The van der Waals surface area contributed by atoms with Gasteiger partial charge in [-0.2, -0.15) is 0 Å². The average Bonchev–Trinajstić information content (AvgIpc) is 2.73. The molecule has 7 heteroatoms. The summed E-state index contributed by atoms with van der Waals surface area (Å²) >= 11 is 6.08. The van der Waals surface area contributed by atoms with Crippen LogP contribution in [0, 0.1) is 0 Å². The first kappa shape index (κ1) is 16.3. The van der Waals surface area contributed by atoms with E-state index in [9.17, 15) is 4.79 Å². The highest BCUT2D eigenvalue weighted by Crippen LogP contribution is 2.21. The number of halogens is 1. The fraction of sp³-hybridized carbons (Fsp3) is 0.714. The summed E-state index contributed by atoms with van der Waals surface area (Å²) in [6, 6.07) is 0.539. The van der Waals surface area contributed by atoms with E-state index in [0.29, 0.717) is 11.9 Å². The van der Waals surface area contributed by atoms with E-state index >= 15 is 0 Å². The predicted octanol–water partition coefficient (Wildman–Crippen LogP) is 1.06. The highest BCUT2D eigenvalue weighted by Gasteiger charge is 2.22. The third kappa shape index (κ3) is 3.96. The Morgan fingerprint density at radius 1 is 1.43 bits per heavy atom. The van der Waals surface area contributed by atoms with Crippen LogP contribution in [0.15, 0.2) is 11.1 Å². The van der Waals surface area contributed by atoms with Crippen LogP contribution in [0.4, 0.5) is 5.82 Å². The Kier molecular flexibility index (Phi) is 6.02. The average molecular weight is 314 g/mol. The van der Waals surface area contributed by atoms with E-state index in [4.69, 9.17) is 17.3 Å². The Labute approximate surface area is 130 Å². The normalized spacial score (nSPS) is 18.5. The molecule has 0 radical (unpaired) electrons. The summed E-state index contributed by atoms with van der Waals surface area (Å²) < 4.78 is 0. The molecule has 1 unspecified atom stereocenters. The standard InChI is InChI=1S/C14H24ClN5O/c1-2-11(4-5-16)19-6-3-7-20(9-8-19)13-12(15)14(21)18-10-17-13/h10-11H,2-9,16H2,1H3,(H,17,18,21). The second-order valence-corrected chi connectivity index (χ2v) is 5.76. The van der Waals surface area contributed by atoms with Gasteiger partial charge in [-0.05, 0) is 25.8 Å². The molecular weight excluding hydrogens is 290 g/mol. The molecule has 1 aromatic rings. The van der Waals surface area contributed by atoms with Gasteiger partial charge < -0.3 is 15.6 Å². The van der Waals surface area contributed by atoms with Gasteiger partial charge in [0, 0.05) is 32.2 Å². The molecule has 2 heterocycles.